The van der Waals surface area contributed by atoms with Crippen LogP contribution in [0, 0.1) is 0 Å². The van der Waals surface area contributed by atoms with Crippen LogP contribution in [0.15, 0.2) is 60.2 Å². The Morgan fingerprint density at radius 1 is 1.03 bits per heavy atom. The first-order valence-corrected chi connectivity index (χ1v) is 11.4. The van der Waals surface area contributed by atoms with Crippen molar-refractivity contribution in [1.82, 2.24) is 4.72 Å². The summed E-state index contributed by atoms with van der Waals surface area (Å²) >= 11 is 0. The molecule has 1 amide bonds. The van der Waals surface area contributed by atoms with Crippen LogP contribution in [0.5, 0.6) is 0 Å². The molecular formula is C24H27F3N2O2S. The fraction of sp³-hybridized carbons (Fsp3) is 0.375. The van der Waals surface area contributed by atoms with E-state index in [4.69, 9.17) is 0 Å². The third-order valence-electron chi connectivity index (χ3n) is 5.24. The summed E-state index contributed by atoms with van der Waals surface area (Å²) in [6.45, 7) is 6.67. The molecule has 0 saturated carbocycles. The number of fused-ring (bicyclic) bond motifs is 1. The number of para-hydroxylation sites is 1. The van der Waals surface area contributed by atoms with Gasteiger partial charge in [-0.3, -0.25) is 4.79 Å². The highest BCUT2D eigenvalue weighted by atomic mass is 32.2. The number of benzene rings is 2. The number of hydrogen-bond donors (Lipinski definition) is 1. The first kappa shape index (κ1) is 24.2. The van der Waals surface area contributed by atoms with Crippen molar-refractivity contribution in [3.63, 3.8) is 0 Å². The van der Waals surface area contributed by atoms with E-state index < -0.39 is 34.4 Å². The van der Waals surface area contributed by atoms with Gasteiger partial charge >= 0.3 is 6.18 Å². The zero-order chi connectivity index (χ0) is 23.7. The molecule has 0 aliphatic carbocycles. The van der Waals surface area contributed by atoms with Gasteiger partial charge in [0.25, 0.3) is 5.91 Å². The van der Waals surface area contributed by atoms with Crippen molar-refractivity contribution in [3.8, 4) is 0 Å². The van der Waals surface area contributed by atoms with Gasteiger partial charge in [-0.15, -0.1) is 0 Å². The van der Waals surface area contributed by atoms with Crippen LogP contribution in [-0.2, 0) is 22.3 Å². The smallest absolute Gasteiger partial charge is 0.303 e. The Morgan fingerprint density at radius 3 is 2.22 bits per heavy atom. The number of halogens is 3. The molecule has 0 bridgehead atoms. The van der Waals surface area contributed by atoms with Gasteiger partial charge in [0.15, 0.2) is 0 Å². The number of nitrogens with zero attached hydrogens (tertiary/aromatic N) is 1. The molecule has 1 N–H and O–H groups in total. The molecule has 1 aliphatic rings. The van der Waals surface area contributed by atoms with Gasteiger partial charge in [-0.1, -0.05) is 54.1 Å². The second-order valence-electron chi connectivity index (χ2n) is 8.85. The molecule has 8 heteroatoms. The second-order valence-corrected chi connectivity index (χ2v) is 10.8. The van der Waals surface area contributed by atoms with Gasteiger partial charge in [-0.2, -0.15) is 13.2 Å². The van der Waals surface area contributed by atoms with E-state index in [0.717, 1.165) is 5.56 Å². The fourth-order valence-electron chi connectivity index (χ4n) is 3.55. The Bertz CT molecular complexity index is 1040. The number of carbonyl (C=O) groups is 1. The molecule has 2 aromatic carbocycles. The Kier molecular flexibility index (Phi) is 6.95. The minimum atomic E-state index is -4.62. The summed E-state index contributed by atoms with van der Waals surface area (Å²) in [7, 11) is -1.91. The van der Waals surface area contributed by atoms with E-state index >= 15 is 0 Å². The highest BCUT2D eigenvalue weighted by molar-refractivity contribution is 7.84. The third-order valence-corrected chi connectivity index (χ3v) is 6.86. The molecule has 1 heterocycles. The number of amides is 1. The van der Waals surface area contributed by atoms with Crippen molar-refractivity contribution >= 4 is 28.2 Å². The average molecular weight is 465 g/mol. The largest absolute Gasteiger partial charge is 0.405 e. The van der Waals surface area contributed by atoms with Crippen molar-refractivity contribution < 1.29 is 22.2 Å². The zero-order valence-corrected chi connectivity index (χ0v) is 19.3. The van der Waals surface area contributed by atoms with E-state index in [2.05, 4.69) is 4.72 Å². The summed E-state index contributed by atoms with van der Waals surface area (Å²) in [6, 6.07) is 14.5. The maximum absolute atomic E-state index is 13.8. The molecule has 0 radical (unpaired) electrons. The summed E-state index contributed by atoms with van der Waals surface area (Å²) in [5, 5.41) is 0. The number of anilines is 1. The first-order chi connectivity index (χ1) is 14.9. The van der Waals surface area contributed by atoms with Gasteiger partial charge in [0.2, 0.25) is 0 Å². The monoisotopic (exact) mass is 464 g/mol. The van der Waals surface area contributed by atoms with Crippen LogP contribution < -0.4 is 9.62 Å². The van der Waals surface area contributed by atoms with E-state index in [1.54, 1.807) is 49.9 Å². The van der Waals surface area contributed by atoms with Crippen LogP contribution in [0.25, 0.3) is 5.57 Å². The van der Waals surface area contributed by atoms with Crippen molar-refractivity contribution in [2.24, 2.45) is 0 Å². The molecule has 0 saturated heterocycles. The van der Waals surface area contributed by atoms with Crippen molar-refractivity contribution in [3.05, 3.63) is 71.3 Å². The Hall–Kier alpha value is -2.45. The third kappa shape index (κ3) is 5.30. The number of rotatable bonds is 6. The highest BCUT2D eigenvalue weighted by Crippen LogP contribution is 2.40. The summed E-state index contributed by atoms with van der Waals surface area (Å²) in [5.41, 5.74) is 2.78. The molecule has 2 atom stereocenters. The second kappa shape index (κ2) is 9.19. The summed E-state index contributed by atoms with van der Waals surface area (Å²) in [5.74, 6) is -0.328. The molecule has 172 valence electrons. The standard InChI is InChI=1S/C24H27F3N2O2S/c1-16(14-20(24(25,26)27)28-32(31)23(2,3)4)21-18-12-8-9-13-19(18)29(22(21)30)15-17-10-6-5-7-11-17/h5-13,20,28H,14-15H2,1-4H3/b21-16-/t20-,32?/m0/s1. The van der Waals surface area contributed by atoms with Gasteiger partial charge in [0.1, 0.15) is 6.04 Å². The van der Waals surface area contributed by atoms with Gasteiger partial charge in [-0.25, -0.2) is 8.93 Å². The van der Waals surface area contributed by atoms with E-state index in [0.29, 0.717) is 23.4 Å². The lowest BCUT2D eigenvalue weighted by Crippen LogP contribution is -2.47. The summed E-state index contributed by atoms with van der Waals surface area (Å²) < 4.78 is 55.0. The predicted octanol–water partition coefficient (Wildman–Crippen LogP) is 5.38. The molecule has 0 fully saturated rings. The maximum atomic E-state index is 13.8. The lowest BCUT2D eigenvalue weighted by molar-refractivity contribution is -0.150. The van der Waals surface area contributed by atoms with Crippen LogP contribution in [0.2, 0.25) is 0 Å². The lowest BCUT2D eigenvalue weighted by Gasteiger charge is -2.26. The molecule has 3 rings (SSSR count). The van der Waals surface area contributed by atoms with Crippen LogP contribution in [0.1, 0.15) is 45.2 Å². The van der Waals surface area contributed by atoms with Crippen molar-refractivity contribution in [2.45, 2.75) is 57.6 Å². The minimum Gasteiger partial charge on any atom is -0.303 e. The minimum absolute atomic E-state index is 0.272. The number of hydrogen-bond acceptors (Lipinski definition) is 2. The predicted molar refractivity (Wildman–Crippen MR) is 122 cm³/mol. The molecule has 2 aromatic rings. The van der Waals surface area contributed by atoms with Gasteiger partial charge < -0.3 is 4.90 Å². The lowest BCUT2D eigenvalue weighted by atomic mass is 9.97. The van der Waals surface area contributed by atoms with Crippen molar-refractivity contribution in [2.75, 3.05) is 4.90 Å². The number of nitrogens with one attached hydrogen (secondary N) is 1. The van der Waals surface area contributed by atoms with Gasteiger partial charge in [0, 0.05) is 11.1 Å². The zero-order valence-electron chi connectivity index (χ0n) is 18.5. The SMILES string of the molecule is C/C(C[C@H](NS(=O)C(C)(C)C)C(F)(F)F)=C1/C(=O)N(Cc2ccccc2)c2ccccc21. The van der Waals surface area contributed by atoms with E-state index in [9.17, 15) is 22.2 Å². The Labute approximate surface area is 189 Å². The molecule has 1 aliphatic heterocycles. The van der Waals surface area contributed by atoms with Crippen LogP contribution in [0.3, 0.4) is 0 Å². The van der Waals surface area contributed by atoms with Crippen LogP contribution in [-0.4, -0.2) is 27.1 Å². The first-order valence-electron chi connectivity index (χ1n) is 10.3. The topological polar surface area (TPSA) is 49.4 Å². The quantitative estimate of drug-likeness (QED) is 0.584. The normalized spacial score (nSPS) is 17.8. The van der Waals surface area contributed by atoms with Gasteiger partial charge in [-0.05, 0) is 45.7 Å². The molecule has 32 heavy (non-hydrogen) atoms. The van der Waals surface area contributed by atoms with E-state index in [-0.39, 0.29) is 11.5 Å². The Balaban J connectivity index is 1.96. The van der Waals surface area contributed by atoms with Crippen molar-refractivity contribution in [1.29, 1.82) is 0 Å². The van der Waals surface area contributed by atoms with E-state index in [1.807, 2.05) is 30.3 Å². The Morgan fingerprint density at radius 2 is 1.62 bits per heavy atom. The molecule has 0 aromatic heterocycles. The fourth-order valence-corrected chi connectivity index (χ4v) is 4.38. The van der Waals surface area contributed by atoms with Crippen LogP contribution in [0.4, 0.5) is 18.9 Å². The van der Waals surface area contributed by atoms with E-state index in [1.165, 1.54) is 6.92 Å². The summed E-state index contributed by atoms with van der Waals surface area (Å²) in [6.07, 6.45) is -5.09. The summed E-state index contributed by atoms with van der Waals surface area (Å²) in [4.78, 5) is 14.9. The molecular weight excluding hydrogens is 437 g/mol. The average Bonchev–Trinajstić information content (AvgIpc) is 2.98. The van der Waals surface area contributed by atoms with Gasteiger partial charge in [0.05, 0.1) is 28.0 Å². The van der Waals surface area contributed by atoms with Crippen LogP contribution >= 0.6 is 0 Å². The molecule has 0 spiro atoms. The maximum Gasteiger partial charge on any atom is 0.405 e. The molecule has 1 unspecified atom stereocenters. The number of alkyl halides is 3. The highest BCUT2D eigenvalue weighted by Gasteiger charge is 2.43. The molecule has 4 nitrogen and oxygen atoms in total. The number of carbonyl (C=O) groups excluding carboxylic acids is 1.